The van der Waals surface area contributed by atoms with Gasteiger partial charge >= 0.3 is 0 Å². The van der Waals surface area contributed by atoms with E-state index in [1.165, 1.54) is 11.3 Å². The predicted octanol–water partition coefficient (Wildman–Crippen LogP) is 4.19. The average molecular weight is 295 g/mol. The standard InChI is InChI=1S/C14H15ClN2OS/c1-2-12(18)14-11(16)7-13(19-14)17-8-9-5-3-4-6-10(9)15/h3-7,17H,2,8,16H2,1H3. The second-order valence-corrected chi connectivity index (χ2v) is 5.58. The van der Waals surface area contributed by atoms with Crippen molar-refractivity contribution in [3.8, 4) is 0 Å². The molecule has 5 heteroatoms. The minimum absolute atomic E-state index is 0.0771. The number of thiophene rings is 1. The fraction of sp³-hybridized carbons (Fsp3) is 0.214. The number of anilines is 2. The van der Waals surface area contributed by atoms with Crippen LogP contribution < -0.4 is 11.1 Å². The number of Topliss-reactive ketones (excluding diaryl/α,β-unsaturated/α-hetero) is 1. The first-order chi connectivity index (χ1) is 9.11. The number of nitrogens with two attached hydrogens (primary N) is 1. The third-order valence-electron chi connectivity index (χ3n) is 2.75. The second kappa shape index (κ2) is 6.08. The first-order valence-electron chi connectivity index (χ1n) is 6.01. The molecule has 3 nitrogen and oxygen atoms in total. The number of nitrogens with one attached hydrogen (secondary N) is 1. The van der Waals surface area contributed by atoms with E-state index >= 15 is 0 Å². The number of carbonyl (C=O) groups is 1. The average Bonchev–Trinajstić information content (AvgIpc) is 2.78. The van der Waals surface area contributed by atoms with Gasteiger partial charge in [0.2, 0.25) is 0 Å². The summed E-state index contributed by atoms with van der Waals surface area (Å²) in [5.41, 5.74) is 7.39. The van der Waals surface area contributed by atoms with Crippen molar-refractivity contribution >= 4 is 39.4 Å². The van der Waals surface area contributed by atoms with Crippen molar-refractivity contribution in [3.63, 3.8) is 0 Å². The predicted molar refractivity (Wildman–Crippen MR) is 82.1 cm³/mol. The molecule has 1 aromatic carbocycles. The van der Waals surface area contributed by atoms with Gasteiger partial charge in [-0.1, -0.05) is 36.7 Å². The Morgan fingerprint density at radius 3 is 2.84 bits per heavy atom. The minimum atomic E-state index is 0.0771. The van der Waals surface area contributed by atoms with E-state index in [4.69, 9.17) is 17.3 Å². The minimum Gasteiger partial charge on any atom is -0.397 e. The molecule has 19 heavy (non-hydrogen) atoms. The molecule has 0 spiro atoms. The lowest BCUT2D eigenvalue weighted by Crippen LogP contribution is -1.97. The Labute approximate surface area is 121 Å². The molecule has 2 rings (SSSR count). The van der Waals surface area contributed by atoms with Crippen LogP contribution in [0.1, 0.15) is 28.6 Å². The van der Waals surface area contributed by atoms with Crippen LogP contribution >= 0.6 is 22.9 Å². The van der Waals surface area contributed by atoms with Crippen LogP contribution in [0.2, 0.25) is 5.02 Å². The van der Waals surface area contributed by atoms with Crippen molar-refractivity contribution in [2.75, 3.05) is 11.1 Å². The maximum atomic E-state index is 11.7. The molecule has 2 aromatic rings. The normalized spacial score (nSPS) is 10.4. The van der Waals surface area contributed by atoms with Crippen LogP contribution in [0.25, 0.3) is 0 Å². The maximum Gasteiger partial charge on any atom is 0.174 e. The van der Waals surface area contributed by atoms with Gasteiger partial charge in [-0.15, -0.1) is 11.3 Å². The van der Waals surface area contributed by atoms with Gasteiger partial charge in [0.1, 0.15) is 0 Å². The number of hydrogen-bond acceptors (Lipinski definition) is 4. The van der Waals surface area contributed by atoms with E-state index in [1.54, 1.807) is 6.07 Å². The van der Waals surface area contributed by atoms with Gasteiger partial charge in [-0.05, 0) is 17.7 Å². The highest BCUT2D eigenvalue weighted by atomic mass is 35.5. The summed E-state index contributed by atoms with van der Waals surface area (Å²) in [7, 11) is 0. The van der Waals surface area contributed by atoms with Gasteiger partial charge < -0.3 is 11.1 Å². The Balaban J connectivity index is 2.09. The fourth-order valence-electron chi connectivity index (χ4n) is 1.69. The molecule has 0 aliphatic heterocycles. The molecular formula is C14H15ClN2OS. The van der Waals surface area contributed by atoms with Crippen LogP contribution in [-0.4, -0.2) is 5.78 Å². The van der Waals surface area contributed by atoms with Crippen molar-refractivity contribution in [2.24, 2.45) is 0 Å². The third kappa shape index (κ3) is 3.28. The molecule has 0 saturated carbocycles. The van der Waals surface area contributed by atoms with Crippen LogP contribution in [-0.2, 0) is 6.54 Å². The number of halogens is 1. The highest BCUT2D eigenvalue weighted by molar-refractivity contribution is 7.18. The molecule has 0 radical (unpaired) electrons. The molecule has 100 valence electrons. The van der Waals surface area contributed by atoms with E-state index in [-0.39, 0.29) is 5.78 Å². The highest BCUT2D eigenvalue weighted by Crippen LogP contribution is 2.30. The van der Waals surface area contributed by atoms with E-state index < -0.39 is 0 Å². The Hall–Kier alpha value is -1.52. The summed E-state index contributed by atoms with van der Waals surface area (Å²) < 4.78 is 0. The third-order valence-corrected chi connectivity index (χ3v) is 4.26. The van der Waals surface area contributed by atoms with Crippen LogP contribution in [0.5, 0.6) is 0 Å². The number of rotatable bonds is 5. The zero-order valence-corrected chi connectivity index (χ0v) is 12.1. The summed E-state index contributed by atoms with van der Waals surface area (Å²) in [5.74, 6) is 0.0771. The Morgan fingerprint density at radius 1 is 1.42 bits per heavy atom. The maximum absolute atomic E-state index is 11.7. The Kier molecular flexibility index (Phi) is 4.45. The summed E-state index contributed by atoms with van der Waals surface area (Å²) in [4.78, 5) is 12.3. The lowest BCUT2D eigenvalue weighted by Gasteiger charge is -2.05. The number of nitrogen functional groups attached to an aromatic ring is 1. The smallest absolute Gasteiger partial charge is 0.174 e. The van der Waals surface area contributed by atoms with Crippen molar-refractivity contribution in [2.45, 2.75) is 19.9 Å². The van der Waals surface area contributed by atoms with Crippen molar-refractivity contribution < 1.29 is 4.79 Å². The van der Waals surface area contributed by atoms with Gasteiger partial charge in [0, 0.05) is 18.0 Å². The molecule has 0 aliphatic rings. The van der Waals surface area contributed by atoms with Gasteiger partial charge in [-0.2, -0.15) is 0 Å². The number of benzene rings is 1. The SMILES string of the molecule is CCC(=O)c1sc(NCc2ccccc2Cl)cc1N. The number of ketones is 1. The van der Waals surface area contributed by atoms with Crippen LogP contribution in [0.4, 0.5) is 10.7 Å². The molecule has 1 aromatic heterocycles. The molecule has 0 amide bonds. The monoisotopic (exact) mass is 294 g/mol. The van der Waals surface area contributed by atoms with Crippen LogP contribution in [0.3, 0.4) is 0 Å². The van der Waals surface area contributed by atoms with Gasteiger partial charge in [-0.3, -0.25) is 4.79 Å². The Bertz CT molecular complexity index is 595. The zero-order chi connectivity index (χ0) is 13.8. The van der Waals surface area contributed by atoms with E-state index in [2.05, 4.69) is 5.32 Å². The molecule has 3 N–H and O–H groups in total. The molecule has 0 bridgehead atoms. The number of carbonyl (C=O) groups excluding carboxylic acids is 1. The molecule has 0 aliphatic carbocycles. The summed E-state index contributed by atoms with van der Waals surface area (Å²) in [5, 5.41) is 4.85. The Morgan fingerprint density at radius 2 is 2.16 bits per heavy atom. The van der Waals surface area contributed by atoms with Crippen LogP contribution in [0, 0.1) is 0 Å². The first-order valence-corrected chi connectivity index (χ1v) is 7.21. The quantitative estimate of drug-likeness (QED) is 0.813. The van der Waals surface area contributed by atoms with Gasteiger partial charge in [0.15, 0.2) is 5.78 Å². The van der Waals surface area contributed by atoms with Gasteiger partial charge in [-0.25, -0.2) is 0 Å². The van der Waals surface area contributed by atoms with E-state index in [0.717, 1.165) is 15.6 Å². The van der Waals surface area contributed by atoms with Crippen molar-refractivity contribution in [1.82, 2.24) is 0 Å². The molecule has 0 saturated heterocycles. The van der Waals surface area contributed by atoms with Gasteiger partial charge in [0.05, 0.1) is 15.6 Å². The summed E-state index contributed by atoms with van der Waals surface area (Å²) in [6, 6.07) is 9.45. The topological polar surface area (TPSA) is 55.1 Å². The summed E-state index contributed by atoms with van der Waals surface area (Å²) >= 11 is 7.47. The van der Waals surface area contributed by atoms with E-state index in [0.29, 0.717) is 23.5 Å². The number of hydrogen-bond donors (Lipinski definition) is 2. The molecular weight excluding hydrogens is 280 g/mol. The molecule has 0 unspecified atom stereocenters. The fourth-order valence-corrected chi connectivity index (χ4v) is 2.88. The zero-order valence-electron chi connectivity index (χ0n) is 10.6. The highest BCUT2D eigenvalue weighted by Gasteiger charge is 2.12. The van der Waals surface area contributed by atoms with Crippen LogP contribution in [0.15, 0.2) is 30.3 Å². The summed E-state index contributed by atoms with van der Waals surface area (Å²) in [6.07, 6.45) is 0.467. The summed E-state index contributed by atoms with van der Waals surface area (Å²) in [6.45, 7) is 2.44. The van der Waals surface area contributed by atoms with Crippen molar-refractivity contribution in [3.05, 3.63) is 45.8 Å². The van der Waals surface area contributed by atoms with E-state index in [1.807, 2.05) is 31.2 Å². The second-order valence-electron chi connectivity index (χ2n) is 4.12. The largest absolute Gasteiger partial charge is 0.397 e. The molecule has 1 heterocycles. The first kappa shape index (κ1) is 13.9. The van der Waals surface area contributed by atoms with Crippen molar-refractivity contribution in [1.29, 1.82) is 0 Å². The van der Waals surface area contributed by atoms with E-state index in [9.17, 15) is 4.79 Å². The molecule has 0 fully saturated rings. The lowest BCUT2D eigenvalue weighted by molar-refractivity contribution is 0.0993. The van der Waals surface area contributed by atoms with Gasteiger partial charge in [0.25, 0.3) is 0 Å². The lowest BCUT2D eigenvalue weighted by atomic mass is 10.2. The molecule has 0 atom stereocenters.